The summed E-state index contributed by atoms with van der Waals surface area (Å²) in [6.45, 7) is 4.29. The van der Waals surface area contributed by atoms with Gasteiger partial charge in [-0.3, -0.25) is 0 Å². The second-order valence-corrected chi connectivity index (χ2v) is 5.71. The summed E-state index contributed by atoms with van der Waals surface area (Å²) in [4.78, 5) is 0.919. The SMILES string of the molecule is Cc1nnc2sc(CCC3CCNCC3)nn12. The number of aryl methyl sites for hydroxylation is 2. The van der Waals surface area contributed by atoms with E-state index in [1.54, 1.807) is 11.3 Å². The Hall–Kier alpha value is -1.01. The quantitative estimate of drug-likeness (QED) is 0.896. The van der Waals surface area contributed by atoms with Gasteiger partial charge in [0.25, 0.3) is 0 Å². The fourth-order valence-electron chi connectivity index (χ4n) is 2.35. The topological polar surface area (TPSA) is 55.1 Å². The Balaban J connectivity index is 1.64. The van der Waals surface area contributed by atoms with Gasteiger partial charge < -0.3 is 5.32 Å². The maximum atomic E-state index is 4.55. The summed E-state index contributed by atoms with van der Waals surface area (Å²) in [5.74, 6) is 1.75. The van der Waals surface area contributed by atoms with Crippen molar-refractivity contribution >= 4 is 16.3 Å². The first-order chi connectivity index (χ1) is 8.33. The van der Waals surface area contributed by atoms with Gasteiger partial charge in [0.2, 0.25) is 4.96 Å². The molecule has 0 saturated carbocycles. The summed E-state index contributed by atoms with van der Waals surface area (Å²) in [5.41, 5.74) is 0. The summed E-state index contributed by atoms with van der Waals surface area (Å²) in [7, 11) is 0. The van der Waals surface area contributed by atoms with Crippen LogP contribution in [-0.2, 0) is 6.42 Å². The van der Waals surface area contributed by atoms with Crippen LogP contribution in [0.25, 0.3) is 4.96 Å². The highest BCUT2D eigenvalue weighted by Crippen LogP contribution is 2.21. The fourth-order valence-corrected chi connectivity index (χ4v) is 3.25. The number of nitrogens with one attached hydrogen (secondary N) is 1. The van der Waals surface area contributed by atoms with Crippen molar-refractivity contribution in [3.8, 4) is 0 Å². The second-order valence-electron chi connectivity index (χ2n) is 4.67. The summed E-state index contributed by atoms with van der Waals surface area (Å²) < 4.78 is 1.85. The molecule has 3 rings (SSSR count). The normalized spacial score (nSPS) is 17.9. The first-order valence-corrected chi connectivity index (χ1v) is 7.03. The van der Waals surface area contributed by atoms with Crippen LogP contribution in [0.4, 0.5) is 0 Å². The third kappa shape index (κ3) is 2.32. The Morgan fingerprint density at radius 1 is 1.35 bits per heavy atom. The molecule has 92 valence electrons. The van der Waals surface area contributed by atoms with E-state index in [4.69, 9.17) is 0 Å². The molecule has 2 aromatic heterocycles. The van der Waals surface area contributed by atoms with Crippen molar-refractivity contribution in [2.45, 2.75) is 32.6 Å². The fraction of sp³-hybridized carbons (Fsp3) is 0.727. The highest BCUT2D eigenvalue weighted by molar-refractivity contribution is 7.16. The molecule has 0 aromatic carbocycles. The molecule has 0 atom stereocenters. The van der Waals surface area contributed by atoms with Crippen LogP contribution < -0.4 is 5.32 Å². The molecule has 6 heteroatoms. The number of hydrogen-bond donors (Lipinski definition) is 1. The van der Waals surface area contributed by atoms with E-state index in [0.29, 0.717) is 0 Å². The third-order valence-electron chi connectivity index (χ3n) is 3.41. The van der Waals surface area contributed by atoms with Crippen LogP contribution in [0.1, 0.15) is 30.1 Å². The zero-order valence-electron chi connectivity index (χ0n) is 10.0. The van der Waals surface area contributed by atoms with Gasteiger partial charge >= 0.3 is 0 Å². The molecule has 1 aliphatic heterocycles. The van der Waals surface area contributed by atoms with Gasteiger partial charge in [-0.15, -0.1) is 10.2 Å². The average molecular weight is 251 g/mol. The lowest BCUT2D eigenvalue weighted by Crippen LogP contribution is -2.27. The van der Waals surface area contributed by atoms with Crippen LogP contribution in [0.15, 0.2) is 0 Å². The van der Waals surface area contributed by atoms with E-state index in [1.807, 2.05) is 11.4 Å². The van der Waals surface area contributed by atoms with Crippen molar-refractivity contribution in [1.29, 1.82) is 0 Å². The van der Waals surface area contributed by atoms with E-state index in [0.717, 1.165) is 23.1 Å². The largest absolute Gasteiger partial charge is 0.317 e. The second kappa shape index (κ2) is 4.70. The Bertz CT molecular complexity index is 497. The van der Waals surface area contributed by atoms with E-state index in [-0.39, 0.29) is 0 Å². The number of fused-ring (bicyclic) bond motifs is 1. The van der Waals surface area contributed by atoms with Crippen molar-refractivity contribution in [2.24, 2.45) is 5.92 Å². The predicted octanol–water partition coefficient (Wildman–Crippen LogP) is 1.43. The minimum atomic E-state index is 0.867. The van der Waals surface area contributed by atoms with Gasteiger partial charge in [-0.05, 0) is 45.2 Å². The van der Waals surface area contributed by atoms with Crippen LogP contribution in [0.3, 0.4) is 0 Å². The Labute approximate surface area is 104 Å². The lowest BCUT2D eigenvalue weighted by molar-refractivity contribution is 0.354. The van der Waals surface area contributed by atoms with Gasteiger partial charge in [-0.1, -0.05) is 11.3 Å². The van der Waals surface area contributed by atoms with Gasteiger partial charge in [0, 0.05) is 6.42 Å². The highest BCUT2D eigenvalue weighted by atomic mass is 32.1. The summed E-state index contributed by atoms with van der Waals surface area (Å²) in [6.07, 6.45) is 4.95. The number of aromatic nitrogens is 4. The number of piperidine rings is 1. The van der Waals surface area contributed by atoms with E-state index < -0.39 is 0 Å². The van der Waals surface area contributed by atoms with Crippen LogP contribution in [0.2, 0.25) is 0 Å². The molecule has 3 heterocycles. The molecule has 2 aromatic rings. The van der Waals surface area contributed by atoms with Crippen molar-refractivity contribution in [2.75, 3.05) is 13.1 Å². The average Bonchev–Trinajstić information content (AvgIpc) is 2.91. The lowest BCUT2D eigenvalue weighted by Gasteiger charge is -2.21. The highest BCUT2D eigenvalue weighted by Gasteiger charge is 2.14. The zero-order chi connectivity index (χ0) is 11.7. The third-order valence-corrected chi connectivity index (χ3v) is 4.37. The van der Waals surface area contributed by atoms with Gasteiger partial charge in [-0.2, -0.15) is 9.61 Å². The van der Waals surface area contributed by atoms with Crippen LogP contribution >= 0.6 is 11.3 Å². The molecule has 1 fully saturated rings. The molecule has 0 amide bonds. The summed E-state index contributed by atoms with van der Waals surface area (Å²) >= 11 is 1.67. The molecule has 0 aliphatic carbocycles. The molecule has 0 radical (unpaired) electrons. The Kier molecular flexibility index (Phi) is 3.07. The molecule has 5 nitrogen and oxygen atoms in total. The monoisotopic (exact) mass is 251 g/mol. The number of rotatable bonds is 3. The van der Waals surface area contributed by atoms with E-state index >= 15 is 0 Å². The molecule has 1 saturated heterocycles. The predicted molar refractivity (Wildman–Crippen MR) is 67.3 cm³/mol. The summed E-state index contributed by atoms with van der Waals surface area (Å²) in [5, 5.41) is 17.2. The lowest BCUT2D eigenvalue weighted by atomic mass is 9.93. The minimum Gasteiger partial charge on any atom is -0.317 e. The van der Waals surface area contributed by atoms with Crippen LogP contribution in [0.5, 0.6) is 0 Å². The molecular weight excluding hydrogens is 234 g/mol. The van der Waals surface area contributed by atoms with Gasteiger partial charge in [0.1, 0.15) is 5.01 Å². The van der Waals surface area contributed by atoms with E-state index in [9.17, 15) is 0 Å². The molecule has 0 unspecified atom stereocenters. The van der Waals surface area contributed by atoms with E-state index in [2.05, 4.69) is 20.6 Å². The van der Waals surface area contributed by atoms with Crippen LogP contribution in [-0.4, -0.2) is 32.9 Å². The van der Waals surface area contributed by atoms with Crippen molar-refractivity contribution in [3.63, 3.8) is 0 Å². The molecular formula is C11H17N5S. The maximum absolute atomic E-state index is 4.55. The molecule has 1 N–H and O–H groups in total. The van der Waals surface area contributed by atoms with Crippen molar-refractivity contribution in [1.82, 2.24) is 25.1 Å². The molecule has 17 heavy (non-hydrogen) atoms. The van der Waals surface area contributed by atoms with Crippen molar-refractivity contribution < 1.29 is 0 Å². The molecule has 0 spiro atoms. The standard InChI is InChI=1S/C11H17N5S/c1-8-13-14-11-16(8)15-10(17-11)3-2-9-4-6-12-7-5-9/h9,12H,2-7H2,1H3. The Morgan fingerprint density at radius 2 is 2.18 bits per heavy atom. The Morgan fingerprint density at radius 3 is 2.94 bits per heavy atom. The van der Waals surface area contributed by atoms with Crippen LogP contribution in [0, 0.1) is 12.8 Å². The smallest absolute Gasteiger partial charge is 0.234 e. The van der Waals surface area contributed by atoms with Gasteiger partial charge in [0.15, 0.2) is 5.82 Å². The first-order valence-electron chi connectivity index (χ1n) is 6.21. The van der Waals surface area contributed by atoms with Crippen molar-refractivity contribution in [3.05, 3.63) is 10.8 Å². The minimum absolute atomic E-state index is 0.867. The first kappa shape index (κ1) is 11.1. The number of nitrogens with zero attached hydrogens (tertiary/aromatic N) is 4. The van der Waals surface area contributed by atoms with E-state index in [1.165, 1.54) is 37.4 Å². The molecule has 1 aliphatic rings. The summed E-state index contributed by atoms with van der Waals surface area (Å²) in [6, 6.07) is 0. The van der Waals surface area contributed by atoms with Gasteiger partial charge in [0.05, 0.1) is 0 Å². The zero-order valence-corrected chi connectivity index (χ0v) is 10.8. The van der Waals surface area contributed by atoms with Gasteiger partial charge in [-0.25, -0.2) is 0 Å². The maximum Gasteiger partial charge on any atom is 0.234 e. The molecule has 0 bridgehead atoms. The number of hydrogen-bond acceptors (Lipinski definition) is 5.